The Morgan fingerprint density at radius 3 is 2.84 bits per heavy atom. The molecule has 1 aromatic heterocycles. The summed E-state index contributed by atoms with van der Waals surface area (Å²) >= 11 is 1.34. The van der Waals surface area contributed by atoms with Crippen LogP contribution in [0.3, 0.4) is 0 Å². The molecule has 2 nitrogen and oxygen atoms in total. The number of nitrogens with zero attached hydrogens (tertiary/aromatic N) is 2. The van der Waals surface area contributed by atoms with Gasteiger partial charge in [0.05, 0.1) is 10.6 Å². The van der Waals surface area contributed by atoms with Crippen molar-refractivity contribution in [2.75, 3.05) is 18.0 Å². The van der Waals surface area contributed by atoms with Gasteiger partial charge < -0.3 is 4.90 Å². The quantitative estimate of drug-likeness (QED) is 0.785. The highest BCUT2D eigenvalue weighted by Crippen LogP contribution is 2.37. The summed E-state index contributed by atoms with van der Waals surface area (Å²) in [6, 6.07) is 7.68. The molecule has 6 heteroatoms. The third-order valence-electron chi connectivity index (χ3n) is 3.54. The molecule has 3 rings (SSSR count). The molecular formula is C13H13F3N2S. The Bertz CT molecular complexity index is 579. The summed E-state index contributed by atoms with van der Waals surface area (Å²) < 4.78 is 43.8. The van der Waals surface area contributed by atoms with Crippen LogP contribution in [0.5, 0.6) is 0 Å². The number of aromatic nitrogens is 1. The zero-order valence-electron chi connectivity index (χ0n) is 10.2. The van der Waals surface area contributed by atoms with Gasteiger partial charge in [-0.15, -0.1) is 0 Å². The van der Waals surface area contributed by atoms with E-state index in [2.05, 4.69) is 4.37 Å². The van der Waals surface area contributed by atoms with E-state index < -0.39 is 12.1 Å². The van der Waals surface area contributed by atoms with Crippen molar-refractivity contribution in [3.05, 3.63) is 24.3 Å². The first-order valence-electron chi connectivity index (χ1n) is 6.22. The smallest absolute Gasteiger partial charge is 0.355 e. The Labute approximate surface area is 113 Å². The number of rotatable bonds is 1. The van der Waals surface area contributed by atoms with Gasteiger partial charge in [0.15, 0.2) is 0 Å². The fraction of sp³-hybridized carbons (Fsp3) is 0.462. The second-order valence-electron chi connectivity index (χ2n) is 4.83. The molecule has 2 heterocycles. The molecule has 0 bridgehead atoms. The largest absolute Gasteiger partial charge is 0.393 e. The maximum atomic E-state index is 12.8. The second-order valence-corrected chi connectivity index (χ2v) is 5.63. The predicted octanol–water partition coefficient (Wildman–Crippen LogP) is 4.08. The number of anilines is 1. The predicted molar refractivity (Wildman–Crippen MR) is 70.6 cm³/mol. The highest BCUT2D eigenvalue weighted by molar-refractivity contribution is 7.13. The van der Waals surface area contributed by atoms with E-state index >= 15 is 0 Å². The van der Waals surface area contributed by atoms with Gasteiger partial charge in [0.1, 0.15) is 5.82 Å². The van der Waals surface area contributed by atoms with E-state index in [1.807, 2.05) is 24.3 Å². The molecule has 0 radical (unpaired) electrons. The number of alkyl halides is 3. The van der Waals surface area contributed by atoms with Crippen LogP contribution in [0.2, 0.25) is 0 Å². The van der Waals surface area contributed by atoms with Gasteiger partial charge in [-0.2, -0.15) is 17.5 Å². The van der Waals surface area contributed by atoms with Crippen molar-refractivity contribution in [2.45, 2.75) is 19.0 Å². The van der Waals surface area contributed by atoms with Crippen LogP contribution in [-0.4, -0.2) is 23.6 Å². The number of fused-ring (bicyclic) bond motifs is 1. The van der Waals surface area contributed by atoms with Gasteiger partial charge in [-0.25, -0.2) is 0 Å². The highest BCUT2D eigenvalue weighted by Gasteiger charge is 2.42. The first kappa shape index (κ1) is 12.7. The number of hydrogen-bond donors (Lipinski definition) is 0. The van der Waals surface area contributed by atoms with E-state index in [0.717, 1.165) is 10.1 Å². The van der Waals surface area contributed by atoms with Crippen LogP contribution in [0.15, 0.2) is 24.3 Å². The van der Waals surface area contributed by atoms with E-state index in [-0.39, 0.29) is 13.0 Å². The van der Waals surface area contributed by atoms with E-state index in [1.165, 1.54) is 11.5 Å². The topological polar surface area (TPSA) is 16.1 Å². The lowest BCUT2D eigenvalue weighted by molar-refractivity contribution is -0.176. The molecule has 1 saturated heterocycles. The Morgan fingerprint density at radius 1 is 1.26 bits per heavy atom. The summed E-state index contributed by atoms with van der Waals surface area (Å²) in [4.78, 5) is 1.78. The van der Waals surface area contributed by atoms with Crippen molar-refractivity contribution in [3.63, 3.8) is 0 Å². The Hall–Kier alpha value is -1.30. The van der Waals surface area contributed by atoms with Gasteiger partial charge in [0.2, 0.25) is 0 Å². The summed E-state index contributed by atoms with van der Waals surface area (Å²) in [5.41, 5.74) is 0. The average Bonchev–Trinajstić information content (AvgIpc) is 2.82. The monoisotopic (exact) mass is 286 g/mol. The first-order valence-corrected chi connectivity index (χ1v) is 6.99. The molecule has 1 aliphatic rings. The molecule has 0 unspecified atom stereocenters. The lowest BCUT2D eigenvalue weighted by Crippen LogP contribution is -2.41. The van der Waals surface area contributed by atoms with Crippen LogP contribution in [0.4, 0.5) is 19.0 Å². The van der Waals surface area contributed by atoms with Crippen LogP contribution < -0.4 is 4.90 Å². The normalized spacial score (nSPS) is 21.0. The zero-order valence-corrected chi connectivity index (χ0v) is 11.0. The molecule has 0 N–H and O–H groups in total. The highest BCUT2D eigenvalue weighted by atomic mass is 32.1. The van der Waals surface area contributed by atoms with Crippen molar-refractivity contribution in [1.82, 2.24) is 4.37 Å². The van der Waals surface area contributed by atoms with E-state index in [0.29, 0.717) is 18.8 Å². The van der Waals surface area contributed by atoms with Crippen molar-refractivity contribution < 1.29 is 13.2 Å². The maximum Gasteiger partial charge on any atom is 0.393 e. The molecule has 0 amide bonds. The Morgan fingerprint density at radius 2 is 2.05 bits per heavy atom. The number of hydrogen-bond acceptors (Lipinski definition) is 3. The molecule has 0 spiro atoms. The molecule has 102 valence electrons. The van der Waals surface area contributed by atoms with Crippen LogP contribution in [-0.2, 0) is 0 Å². The summed E-state index contributed by atoms with van der Waals surface area (Å²) in [5, 5.41) is 0.954. The van der Waals surface area contributed by atoms with Gasteiger partial charge in [-0.3, -0.25) is 0 Å². The fourth-order valence-corrected chi connectivity index (χ4v) is 3.33. The Balaban J connectivity index is 1.90. The van der Waals surface area contributed by atoms with Crippen LogP contribution in [0.25, 0.3) is 10.1 Å². The fourth-order valence-electron chi connectivity index (χ4n) is 2.54. The number of piperidine rings is 1. The minimum absolute atomic E-state index is 0.0250. The van der Waals surface area contributed by atoms with Crippen molar-refractivity contribution in [1.29, 1.82) is 0 Å². The van der Waals surface area contributed by atoms with E-state index in [4.69, 9.17) is 0 Å². The molecule has 0 saturated carbocycles. The molecule has 19 heavy (non-hydrogen) atoms. The van der Waals surface area contributed by atoms with E-state index in [1.54, 1.807) is 4.90 Å². The molecule has 1 aliphatic heterocycles. The minimum atomic E-state index is -4.11. The molecule has 1 atom stereocenters. The third kappa shape index (κ3) is 2.41. The summed E-state index contributed by atoms with van der Waals surface area (Å²) in [7, 11) is 0. The average molecular weight is 286 g/mol. The standard InChI is InChI=1S/C13H13F3N2S/c14-13(15,16)9-4-3-7-18(8-9)12-10-5-1-2-6-11(10)19-17-12/h1-2,5-6,9H,3-4,7-8H2/t9-/m1/s1. The molecule has 0 aliphatic carbocycles. The van der Waals surface area contributed by atoms with Gasteiger partial charge in [0.25, 0.3) is 0 Å². The van der Waals surface area contributed by atoms with Gasteiger partial charge in [0, 0.05) is 18.5 Å². The second kappa shape index (κ2) is 4.67. The van der Waals surface area contributed by atoms with Crippen molar-refractivity contribution >= 4 is 27.4 Å². The third-order valence-corrected chi connectivity index (χ3v) is 4.36. The van der Waals surface area contributed by atoms with Crippen LogP contribution >= 0.6 is 11.5 Å². The Kier molecular flexibility index (Phi) is 3.12. The zero-order chi connectivity index (χ0) is 13.5. The lowest BCUT2D eigenvalue weighted by atomic mass is 9.97. The van der Waals surface area contributed by atoms with Crippen LogP contribution in [0.1, 0.15) is 12.8 Å². The van der Waals surface area contributed by atoms with Crippen LogP contribution in [0, 0.1) is 5.92 Å². The van der Waals surface area contributed by atoms with E-state index in [9.17, 15) is 13.2 Å². The first-order chi connectivity index (χ1) is 9.05. The minimum Gasteiger partial charge on any atom is -0.355 e. The number of halogens is 3. The summed E-state index contributed by atoms with van der Waals surface area (Å²) in [6.45, 7) is 0.678. The molecular weight excluding hydrogens is 273 g/mol. The summed E-state index contributed by atoms with van der Waals surface area (Å²) in [5.74, 6) is -0.531. The SMILES string of the molecule is FC(F)(F)[C@@H]1CCCN(c2nsc3ccccc23)C1. The molecule has 1 fully saturated rings. The maximum absolute atomic E-state index is 12.8. The van der Waals surface area contributed by atoms with Crippen molar-refractivity contribution in [2.24, 2.45) is 5.92 Å². The number of benzene rings is 1. The molecule has 1 aromatic carbocycles. The van der Waals surface area contributed by atoms with Gasteiger partial charge in [-0.05, 0) is 36.5 Å². The molecule has 2 aromatic rings. The van der Waals surface area contributed by atoms with Gasteiger partial charge in [-0.1, -0.05) is 12.1 Å². The summed E-state index contributed by atoms with van der Waals surface area (Å²) in [6.07, 6.45) is -3.32. The van der Waals surface area contributed by atoms with Crippen molar-refractivity contribution in [3.8, 4) is 0 Å². The lowest BCUT2D eigenvalue weighted by Gasteiger charge is -2.34. The van der Waals surface area contributed by atoms with Gasteiger partial charge >= 0.3 is 6.18 Å².